The second-order valence-electron chi connectivity index (χ2n) is 8.23. The predicted octanol–water partition coefficient (Wildman–Crippen LogP) is 3.84. The molecule has 2 aromatic carbocycles. The molecule has 1 aromatic heterocycles. The van der Waals surface area contributed by atoms with Crippen LogP contribution in [0.2, 0.25) is 0 Å². The summed E-state index contributed by atoms with van der Waals surface area (Å²) in [7, 11) is 0. The number of furan rings is 1. The number of para-hydroxylation sites is 1. The molecule has 1 amide bonds. The van der Waals surface area contributed by atoms with Crippen LogP contribution in [0.4, 0.5) is 5.69 Å². The monoisotopic (exact) mass is 489 g/mol. The van der Waals surface area contributed by atoms with Gasteiger partial charge < -0.3 is 4.42 Å². The number of benzene rings is 2. The molecule has 2 aliphatic heterocycles. The van der Waals surface area contributed by atoms with Crippen molar-refractivity contribution in [2.45, 2.75) is 32.9 Å². The predicted molar refractivity (Wildman–Crippen MR) is 134 cm³/mol. The van der Waals surface area contributed by atoms with Crippen LogP contribution in [0, 0.1) is 17.0 Å². The van der Waals surface area contributed by atoms with E-state index in [1.54, 1.807) is 18.0 Å². The van der Waals surface area contributed by atoms with Crippen LogP contribution in [0.1, 0.15) is 37.3 Å². The average Bonchev–Trinajstić information content (AvgIpc) is 3.33. The Hall–Kier alpha value is -3.92. The summed E-state index contributed by atoms with van der Waals surface area (Å²) in [5, 5.41) is 22.3. The van der Waals surface area contributed by atoms with Crippen LogP contribution in [-0.4, -0.2) is 26.8 Å². The molecule has 1 unspecified atom stereocenters. The van der Waals surface area contributed by atoms with Crippen molar-refractivity contribution in [1.29, 1.82) is 0 Å². The van der Waals surface area contributed by atoms with Gasteiger partial charge in [-0.1, -0.05) is 43.3 Å². The normalized spacial score (nSPS) is 16.7. The molecule has 0 saturated heterocycles. The number of amidine groups is 1. The topological polar surface area (TPSA) is 113 Å². The number of thioether (sulfide) groups is 1. The number of unbranched alkanes of at least 4 members (excludes halogenated alkanes) is 1. The minimum absolute atomic E-state index is 0.0259. The van der Waals surface area contributed by atoms with Crippen LogP contribution in [0.15, 0.2) is 69.1 Å². The Morgan fingerprint density at radius 2 is 2.03 bits per heavy atom. The van der Waals surface area contributed by atoms with Crippen LogP contribution in [0.3, 0.4) is 0 Å². The highest BCUT2D eigenvalue weighted by Gasteiger charge is 2.36. The van der Waals surface area contributed by atoms with Crippen molar-refractivity contribution in [3.8, 4) is 11.3 Å². The van der Waals surface area contributed by atoms with E-state index in [-0.39, 0.29) is 11.6 Å². The third-order valence-corrected chi connectivity index (χ3v) is 6.77. The van der Waals surface area contributed by atoms with Gasteiger partial charge in [-0.25, -0.2) is 10.0 Å². The molecule has 0 bridgehead atoms. The Balaban J connectivity index is 1.56. The molecule has 0 spiro atoms. The maximum Gasteiger partial charge on any atom is 0.276 e. The Labute approximate surface area is 205 Å². The molecular weight excluding hydrogens is 466 g/mol. The van der Waals surface area contributed by atoms with Crippen molar-refractivity contribution in [3.63, 3.8) is 0 Å². The summed E-state index contributed by atoms with van der Waals surface area (Å²) in [4.78, 5) is 28.7. The molecule has 0 aliphatic carbocycles. The molecule has 0 fully saturated rings. The summed E-state index contributed by atoms with van der Waals surface area (Å²) in [6.45, 7) is 3.92. The van der Waals surface area contributed by atoms with Crippen molar-refractivity contribution < 1.29 is 14.1 Å². The molecule has 35 heavy (non-hydrogen) atoms. The second-order valence-corrected chi connectivity index (χ2v) is 9.32. The van der Waals surface area contributed by atoms with Crippen molar-refractivity contribution in [1.82, 2.24) is 10.3 Å². The van der Waals surface area contributed by atoms with Crippen LogP contribution >= 0.6 is 11.8 Å². The van der Waals surface area contributed by atoms with Gasteiger partial charge in [0.1, 0.15) is 11.5 Å². The molecule has 178 valence electrons. The average molecular weight is 490 g/mol. The molecule has 2 aliphatic rings. The number of hydrogen-bond donors (Lipinski definition) is 1. The Bertz CT molecular complexity index is 1480. The number of nitro groups is 1. The first kappa shape index (κ1) is 22.9. The first-order valence-corrected chi connectivity index (χ1v) is 12.3. The van der Waals surface area contributed by atoms with Crippen molar-refractivity contribution in [2.75, 3.05) is 5.75 Å². The minimum atomic E-state index is -0.667. The van der Waals surface area contributed by atoms with Crippen molar-refractivity contribution >= 4 is 34.2 Å². The van der Waals surface area contributed by atoms with E-state index in [1.807, 2.05) is 36.4 Å². The number of hydrogen-bond acceptors (Lipinski definition) is 8. The summed E-state index contributed by atoms with van der Waals surface area (Å²) >= 11 is 1.50. The number of nitrogens with zero attached hydrogens (tertiary/aromatic N) is 4. The quantitative estimate of drug-likeness (QED) is 0.320. The van der Waals surface area contributed by atoms with Gasteiger partial charge in [0.15, 0.2) is 10.9 Å². The van der Waals surface area contributed by atoms with E-state index < -0.39 is 11.1 Å². The zero-order valence-corrected chi connectivity index (χ0v) is 20.0. The number of hydrazone groups is 1. The van der Waals surface area contributed by atoms with Gasteiger partial charge in [0, 0.05) is 28.7 Å². The molecule has 9 nitrogen and oxygen atoms in total. The number of nitro benzene ring substituents is 1. The highest BCUT2D eigenvalue weighted by molar-refractivity contribution is 8.13. The van der Waals surface area contributed by atoms with Gasteiger partial charge in [0.2, 0.25) is 6.17 Å². The van der Waals surface area contributed by atoms with E-state index in [0.29, 0.717) is 33.0 Å². The number of carbonyl (C=O) groups excluding carboxylic acids is 1. The van der Waals surface area contributed by atoms with Crippen molar-refractivity contribution in [2.24, 2.45) is 10.1 Å². The van der Waals surface area contributed by atoms with Gasteiger partial charge in [0.05, 0.1) is 10.3 Å². The summed E-state index contributed by atoms with van der Waals surface area (Å²) in [6, 6.07) is 15.7. The van der Waals surface area contributed by atoms with E-state index in [1.165, 1.54) is 23.9 Å². The highest BCUT2D eigenvalue weighted by atomic mass is 32.2. The van der Waals surface area contributed by atoms with Gasteiger partial charge in [-0.3, -0.25) is 20.2 Å². The lowest BCUT2D eigenvalue weighted by Crippen LogP contribution is -2.50. The van der Waals surface area contributed by atoms with Gasteiger partial charge >= 0.3 is 0 Å². The van der Waals surface area contributed by atoms with Gasteiger partial charge in [0.25, 0.3) is 11.6 Å². The van der Waals surface area contributed by atoms with E-state index >= 15 is 0 Å². The van der Waals surface area contributed by atoms with Crippen LogP contribution < -0.4 is 15.9 Å². The Morgan fingerprint density at radius 3 is 2.80 bits per heavy atom. The maximum absolute atomic E-state index is 13.2. The number of fused-ring (bicyclic) bond motifs is 2. The van der Waals surface area contributed by atoms with E-state index in [4.69, 9.17) is 14.5 Å². The molecule has 1 atom stereocenters. The highest BCUT2D eigenvalue weighted by Crippen LogP contribution is 2.35. The fraction of sp³-hybridized carbons (Fsp3) is 0.240. The summed E-state index contributed by atoms with van der Waals surface area (Å²) < 4.78 is 6.20. The van der Waals surface area contributed by atoms with E-state index in [0.717, 1.165) is 29.7 Å². The summed E-state index contributed by atoms with van der Waals surface area (Å²) in [5.41, 5.74) is 1.92. The van der Waals surface area contributed by atoms with E-state index in [2.05, 4.69) is 12.2 Å². The largest absolute Gasteiger partial charge is 0.457 e. The lowest BCUT2D eigenvalue weighted by atomic mass is 10.1. The van der Waals surface area contributed by atoms with E-state index in [9.17, 15) is 14.9 Å². The van der Waals surface area contributed by atoms with Gasteiger partial charge in [-0.05, 0) is 43.2 Å². The third-order valence-electron chi connectivity index (χ3n) is 5.82. The second kappa shape index (κ2) is 9.38. The third kappa shape index (κ3) is 4.32. The van der Waals surface area contributed by atoms with Crippen LogP contribution in [0.25, 0.3) is 17.0 Å². The van der Waals surface area contributed by atoms with Crippen LogP contribution in [0.5, 0.6) is 0 Å². The summed E-state index contributed by atoms with van der Waals surface area (Å²) in [6.07, 6.45) is 1.40. The standard InChI is InChI=1S/C25H23N5O4S/c1-3-4-13-35-25-27-24(31)22-18-7-5-6-8-19(18)26-23(29(22)28-25)21-12-11-20(34-21)17-10-9-16(30(32)33)14-15(17)2/h5-12,14,23H,3-4,13H2,1-2H3,(H,27,28,31). The first-order chi connectivity index (χ1) is 17.0. The van der Waals surface area contributed by atoms with Gasteiger partial charge in [-0.15, -0.1) is 5.10 Å². The number of aryl methyl sites for hydroxylation is 1. The number of amides is 1. The maximum atomic E-state index is 13.2. The summed E-state index contributed by atoms with van der Waals surface area (Å²) in [5.74, 6) is 1.69. The molecule has 3 heterocycles. The lowest BCUT2D eigenvalue weighted by molar-refractivity contribution is -0.384. The van der Waals surface area contributed by atoms with Crippen LogP contribution in [-0.2, 0) is 4.79 Å². The molecule has 5 rings (SSSR count). The van der Waals surface area contributed by atoms with Crippen molar-refractivity contribution in [3.05, 3.63) is 86.6 Å². The molecule has 1 N–H and O–H groups in total. The number of nitrogens with one attached hydrogen (secondary N) is 1. The van der Waals surface area contributed by atoms with Gasteiger partial charge in [-0.2, -0.15) is 0 Å². The molecule has 10 heteroatoms. The Kier molecular flexibility index (Phi) is 6.12. The number of rotatable bonds is 6. The zero-order valence-electron chi connectivity index (χ0n) is 19.2. The zero-order chi connectivity index (χ0) is 24.5. The minimum Gasteiger partial charge on any atom is -0.457 e. The fourth-order valence-electron chi connectivity index (χ4n) is 4.07. The molecule has 0 saturated carbocycles. The number of non-ortho nitro benzene ring substituents is 1. The smallest absolute Gasteiger partial charge is 0.276 e. The molecular formula is C25H23N5O4S. The molecule has 3 aromatic rings. The lowest BCUT2D eigenvalue weighted by Gasteiger charge is -2.32. The Morgan fingerprint density at radius 1 is 1.20 bits per heavy atom. The number of carbonyl (C=O) groups is 1. The molecule has 0 radical (unpaired) electrons. The fourth-order valence-corrected chi connectivity index (χ4v) is 5.00. The first-order valence-electron chi connectivity index (χ1n) is 11.3. The SMILES string of the molecule is CCCCSC1=NN2C(=c3ccccc3=NC2c2ccc(-c3ccc([N+](=O)[O-])cc3C)o2)C(=O)N1.